The molecule has 0 saturated heterocycles. The van der Waals surface area contributed by atoms with Crippen LogP contribution in [0.3, 0.4) is 0 Å². The Hall–Kier alpha value is -2.92. The number of hydrogen-bond acceptors (Lipinski definition) is 3. The normalized spacial score (nSPS) is 17.1. The maximum atomic E-state index is 12.5. The number of anilines is 2. The summed E-state index contributed by atoms with van der Waals surface area (Å²) in [5.41, 5.74) is 3.74. The minimum Gasteiger partial charge on any atom is -0.388 e. The molecule has 140 valence electrons. The average molecular weight is 364 g/mol. The van der Waals surface area contributed by atoms with Gasteiger partial charge >= 0.3 is 0 Å². The van der Waals surface area contributed by atoms with Crippen molar-refractivity contribution in [3.63, 3.8) is 0 Å². The van der Waals surface area contributed by atoms with Gasteiger partial charge in [0, 0.05) is 24.0 Å². The van der Waals surface area contributed by atoms with Crippen molar-refractivity contribution in [1.82, 2.24) is 0 Å². The molecule has 2 aromatic carbocycles. The molecule has 0 bridgehead atoms. The van der Waals surface area contributed by atoms with Crippen molar-refractivity contribution in [2.75, 3.05) is 17.3 Å². The number of hydrogen-bond donors (Lipinski definition) is 2. The molecule has 2 aromatic rings. The van der Waals surface area contributed by atoms with Gasteiger partial charge in [0.15, 0.2) is 0 Å². The Labute approximate surface area is 159 Å². The molecular formula is C22H24N2O3. The molecule has 27 heavy (non-hydrogen) atoms. The average Bonchev–Trinajstić information content (AvgIpc) is 2.88. The zero-order valence-corrected chi connectivity index (χ0v) is 15.8. The quantitative estimate of drug-likeness (QED) is 0.811. The first-order chi connectivity index (χ1) is 12.7. The highest BCUT2D eigenvalue weighted by atomic mass is 16.3. The molecule has 0 spiro atoms. The predicted molar refractivity (Wildman–Crippen MR) is 107 cm³/mol. The Morgan fingerprint density at radius 3 is 2.52 bits per heavy atom. The van der Waals surface area contributed by atoms with Crippen LogP contribution in [0.2, 0.25) is 0 Å². The van der Waals surface area contributed by atoms with Gasteiger partial charge in [-0.15, -0.1) is 0 Å². The van der Waals surface area contributed by atoms with Crippen molar-refractivity contribution < 1.29 is 14.7 Å². The summed E-state index contributed by atoms with van der Waals surface area (Å²) < 4.78 is 0. The molecular weight excluding hydrogens is 340 g/mol. The summed E-state index contributed by atoms with van der Waals surface area (Å²) in [4.78, 5) is 25.6. The Kier molecular flexibility index (Phi) is 4.89. The van der Waals surface area contributed by atoms with Crippen molar-refractivity contribution in [3.05, 3.63) is 71.8 Å². The maximum absolute atomic E-state index is 12.5. The molecule has 0 radical (unpaired) electrons. The van der Waals surface area contributed by atoms with Crippen LogP contribution in [0.5, 0.6) is 0 Å². The van der Waals surface area contributed by atoms with Gasteiger partial charge in [0.05, 0.1) is 6.10 Å². The zero-order valence-electron chi connectivity index (χ0n) is 15.8. The van der Waals surface area contributed by atoms with Crippen LogP contribution in [0.15, 0.2) is 55.1 Å². The number of aliphatic hydroxyl groups is 1. The number of aliphatic hydroxyl groups excluding tert-OH is 1. The van der Waals surface area contributed by atoms with Gasteiger partial charge in [0.25, 0.3) is 5.91 Å². The van der Waals surface area contributed by atoms with Gasteiger partial charge < -0.3 is 15.3 Å². The Morgan fingerprint density at radius 2 is 1.89 bits per heavy atom. The Morgan fingerprint density at radius 1 is 1.22 bits per heavy atom. The van der Waals surface area contributed by atoms with Crippen molar-refractivity contribution >= 4 is 23.2 Å². The van der Waals surface area contributed by atoms with Gasteiger partial charge in [-0.1, -0.05) is 26.5 Å². The molecule has 0 saturated carbocycles. The second-order valence-electron chi connectivity index (χ2n) is 7.51. The van der Waals surface area contributed by atoms with Gasteiger partial charge in [-0.05, 0) is 65.4 Å². The maximum Gasteiger partial charge on any atom is 0.255 e. The number of rotatable bonds is 4. The lowest BCUT2D eigenvalue weighted by molar-refractivity contribution is -0.113. The third-order valence-electron chi connectivity index (χ3n) is 5.12. The summed E-state index contributed by atoms with van der Waals surface area (Å²) in [5.74, 6) is -0.460. The van der Waals surface area contributed by atoms with Crippen LogP contribution in [-0.4, -0.2) is 24.0 Å². The van der Waals surface area contributed by atoms with E-state index in [1.54, 1.807) is 31.3 Å². The van der Waals surface area contributed by atoms with Gasteiger partial charge in [-0.2, -0.15) is 0 Å². The summed E-state index contributed by atoms with van der Waals surface area (Å²) >= 11 is 0. The molecule has 0 fully saturated rings. The first kappa shape index (κ1) is 18.9. The van der Waals surface area contributed by atoms with Gasteiger partial charge in [-0.25, -0.2) is 0 Å². The lowest BCUT2D eigenvalue weighted by Gasteiger charge is -2.18. The molecule has 0 heterocycles. The molecule has 0 aromatic heterocycles. The number of carbonyl (C=O) groups is 2. The highest BCUT2D eigenvalue weighted by molar-refractivity contribution is 6.05. The summed E-state index contributed by atoms with van der Waals surface area (Å²) in [6, 6.07) is 12.4. The van der Waals surface area contributed by atoms with Crippen LogP contribution in [0, 0.1) is 0 Å². The zero-order chi connectivity index (χ0) is 19.8. The van der Waals surface area contributed by atoms with E-state index >= 15 is 0 Å². The van der Waals surface area contributed by atoms with E-state index in [0.29, 0.717) is 23.4 Å². The molecule has 3 rings (SSSR count). The second-order valence-corrected chi connectivity index (χ2v) is 7.51. The van der Waals surface area contributed by atoms with E-state index in [1.807, 2.05) is 18.2 Å². The minimum absolute atomic E-state index is 0.0674. The smallest absolute Gasteiger partial charge is 0.255 e. The Balaban J connectivity index is 1.76. The fourth-order valence-corrected chi connectivity index (χ4v) is 3.54. The van der Waals surface area contributed by atoms with Crippen LogP contribution in [-0.2, 0) is 10.2 Å². The first-order valence-corrected chi connectivity index (χ1v) is 8.87. The topological polar surface area (TPSA) is 69.6 Å². The van der Waals surface area contributed by atoms with E-state index in [9.17, 15) is 14.7 Å². The van der Waals surface area contributed by atoms with Gasteiger partial charge in [0.2, 0.25) is 5.91 Å². The van der Waals surface area contributed by atoms with E-state index in [-0.39, 0.29) is 17.2 Å². The molecule has 2 amide bonds. The molecule has 2 N–H and O–H groups in total. The summed E-state index contributed by atoms with van der Waals surface area (Å²) in [7, 11) is 1.65. The van der Waals surface area contributed by atoms with E-state index in [2.05, 4.69) is 25.7 Å². The fourth-order valence-electron chi connectivity index (χ4n) is 3.54. The second kappa shape index (κ2) is 7.00. The highest BCUT2D eigenvalue weighted by Crippen LogP contribution is 2.45. The first-order valence-electron chi connectivity index (χ1n) is 8.87. The van der Waals surface area contributed by atoms with Crippen LogP contribution < -0.4 is 10.2 Å². The van der Waals surface area contributed by atoms with Gasteiger partial charge in [-0.3, -0.25) is 9.59 Å². The third-order valence-corrected chi connectivity index (χ3v) is 5.12. The number of benzene rings is 2. The highest BCUT2D eigenvalue weighted by Gasteiger charge is 2.35. The number of carbonyl (C=O) groups excluding carboxylic acids is 2. The molecule has 1 atom stereocenters. The molecule has 5 heteroatoms. The monoisotopic (exact) mass is 364 g/mol. The van der Waals surface area contributed by atoms with Crippen LogP contribution >= 0.6 is 0 Å². The summed E-state index contributed by atoms with van der Waals surface area (Å²) in [6.45, 7) is 7.68. The van der Waals surface area contributed by atoms with Crippen LogP contribution in [0.1, 0.15) is 47.9 Å². The predicted octanol–water partition coefficient (Wildman–Crippen LogP) is 3.80. The number of fused-ring (bicyclic) bond motifs is 1. The van der Waals surface area contributed by atoms with Crippen molar-refractivity contribution in [2.24, 2.45) is 0 Å². The summed E-state index contributed by atoms with van der Waals surface area (Å²) in [5, 5.41) is 13.2. The lowest BCUT2D eigenvalue weighted by Crippen LogP contribution is -2.23. The van der Waals surface area contributed by atoms with E-state index in [4.69, 9.17) is 0 Å². The number of likely N-dealkylation sites (N-methyl/N-ethyl adjacent to an activating group) is 1. The molecule has 1 aliphatic rings. The standard InChI is InChI=1S/C22H24N2O3/c1-5-20(26)24(4)16-9-6-14(7-10-16)21(27)23-15-8-11-18-17(12-15)19(25)13-22(18,2)3/h5-12,19,25H,1,13H2,2-4H3,(H,23,27). The number of nitrogens with zero attached hydrogens (tertiary/aromatic N) is 1. The molecule has 5 nitrogen and oxygen atoms in total. The van der Waals surface area contributed by atoms with E-state index in [0.717, 1.165) is 11.1 Å². The van der Waals surface area contributed by atoms with E-state index in [1.165, 1.54) is 11.0 Å². The SMILES string of the molecule is C=CC(=O)N(C)c1ccc(C(=O)Nc2ccc3c(c2)C(O)CC3(C)C)cc1. The molecule has 1 aliphatic carbocycles. The Bertz CT molecular complexity index is 900. The minimum atomic E-state index is -0.510. The van der Waals surface area contributed by atoms with Crippen LogP contribution in [0.25, 0.3) is 0 Å². The van der Waals surface area contributed by atoms with Crippen molar-refractivity contribution in [3.8, 4) is 0 Å². The summed E-state index contributed by atoms with van der Waals surface area (Å²) in [6.07, 6.45) is 1.41. The number of nitrogens with one attached hydrogen (secondary N) is 1. The van der Waals surface area contributed by atoms with Crippen molar-refractivity contribution in [1.29, 1.82) is 0 Å². The third kappa shape index (κ3) is 3.64. The van der Waals surface area contributed by atoms with Crippen LogP contribution in [0.4, 0.5) is 11.4 Å². The number of amides is 2. The van der Waals surface area contributed by atoms with Gasteiger partial charge in [0.1, 0.15) is 0 Å². The van der Waals surface area contributed by atoms with Crippen molar-refractivity contribution in [2.45, 2.75) is 31.8 Å². The largest absolute Gasteiger partial charge is 0.388 e. The molecule has 0 aliphatic heterocycles. The van der Waals surface area contributed by atoms with E-state index < -0.39 is 6.10 Å². The fraction of sp³-hybridized carbons (Fsp3) is 0.273. The molecule has 1 unspecified atom stereocenters. The lowest BCUT2D eigenvalue weighted by atomic mass is 9.86.